The van der Waals surface area contributed by atoms with Crippen molar-refractivity contribution in [2.75, 3.05) is 26.2 Å². The SMILES string of the molecule is O=C1CC2(CCNCC2)C(=O)N1CCO. The summed E-state index contributed by atoms with van der Waals surface area (Å²) < 4.78 is 0. The third-order valence-electron chi connectivity index (χ3n) is 3.37. The van der Waals surface area contributed by atoms with Gasteiger partial charge in [-0.2, -0.15) is 0 Å². The molecule has 2 aliphatic rings. The minimum atomic E-state index is -0.461. The van der Waals surface area contributed by atoms with E-state index >= 15 is 0 Å². The number of hydrogen-bond acceptors (Lipinski definition) is 4. The molecule has 84 valence electrons. The molecular formula is C10H16N2O3. The van der Waals surface area contributed by atoms with Gasteiger partial charge in [0.1, 0.15) is 0 Å². The number of nitrogens with one attached hydrogen (secondary N) is 1. The van der Waals surface area contributed by atoms with Crippen molar-refractivity contribution in [2.24, 2.45) is 5.41 Å². The molecular weight excluding hydrogens is 196 g/mol. The molecule has 0 bridgehead atoms. The Balaban J connectivity index is 2.15. The lowest BCUT2D eigenvalue weighted by Gasteiger charge is -2.31. The standard InChI is InChI=1S/C10H16N2O3/c13-6-5-12-8(14)7-10(9(12)15)1-3-11-4-2-10/h11,13H,1-7H2. The van der Waals surface area contributed by atoms with Crippen molar-refractivity contribution >= 4 is 11.8 Å². The first-order valence-electron chi connectivity index (χ1n) is 5.36. The number of rotatable bonds is 2. The van der Waals surface area contributed by atoms with Crippen molar-refractivity contribution < 1.29 is 14.7 Å². The summed E-state index contributed by atoms with van der Waals surface area (Å²) in [5.74, 6) is -0.209. The molecule has 5 heteroatoms. The van der Waals surface area contributed by atoms with Crippen LogP contribution in [0.2, 0.25) is 0 Å². The molecule has 0 unspecified atom stereocenters. The van der Waals surface area contributed by atoms with E-state index in [-0.39, 0.29) is 25.0 Å². The van der Waals surface area contributed by atoms with Crippen molar-refractivity contribution in [3.8, 4) is 0 Å². The van der Waals surface area contributed by atoms with Gasteiger partial charge in [-0.1, -0.05) is 0 Å². The van der Waals surface area contributed by atoms with Gasteiger partial charge in [0.2, 0.25) is 11.8 Å². The number of β-amino-alcohol motifs (C(OH)–C–C–N with tert-alkyl or cyclic N) is 1. The molecule has 2 fully saturated rings. The Morgan fingerprint density at radius 3 is 2.60 bits per heavy atom. The van der Waals surface area contributed by atoms with Crippen LogP contribution < -0.4 is 5.32 Å². The van der Waals surface area contributed by atoms with E-state index in [2.05, 4.69) is 5.32 Å². The molecule has 2 heterocycles. The van der Waals surface area contributed by atoms with E-state index in [1.54, 1.807) is 0 Å². The Morgan fingerprint density at radius 2 is 2.00 bits per heavy atom. The second-order valence-corrected chi connectivity index (χ2v) is 4.28. The number of aliphatic hydroxyl groups is 1. The van der Waals surface area contributed by atoms with E-state index in [9.17, 15) is 9.59 Å². The van der Waals surface area contributed by atoms with Crippen molar-refractivity contribution in [1.82, 2.24) is 10.2 Å². The maximum absolute atomic E-state index is 12.0. The summed E-state index contributed by atoms with van der Waals surface area (Å²) in [7, 11) is 0. The number of likely N-dealkylation sites (tertiary alicyclic amines) is 1. The first kappa shape index (κ1) is 10.6. The second kappa shape index (κ2) is 3.90. The number of imide groups is 1. The van der Waals surface area contributed by atoms with E-state index in [1.807, 2.05) is 0 Å². The molecule has 0 aromatic heterocycles. The maximum Gasteiger partial charge on any atom is 0.236 e. The van der Waals surface area contributed by atoms with Crippen LogP contribution in [0.5, 0.6) is 0 Å². The number of amides is 2. The smallest absolute Gasteiger partial charge is 0.236 e. The molecule has 15 heavy (non-hydrogen) atoms. The minimum absolute atomic E-state index is 0.0805. The van der Waals surface area contributed by atoms with Crippen molar-refractivity contribution in [1.29, 1.82) is 0 Å². The van der Waals surface area contributed by atoms with Gasteiger partial charge in [0.05, 0.1) is 18.6 Å². The van der Waals surface area contributed by atoms with Gasteiger partial charge in [-0.25, -0.2) is 0 Å². The topological polar surface area (TPSA) is 69.6 Å². The van der Waals surface area contributed by atoms with Crippen molar-refractivity contribution in [3.63, 3.8) is 0 Å². The largest absolute Gasteiger partial charge is 0.395 e. The molecule has 2 aliphatic heterocycles. The molecule has 0 atom stereocenters. The van der Waals surface area contributed by atoms with Crippen LogP contribution in [-0.2, 0) is 9.59 Å². The molecule has 2 saturated heterocycles. The first-order chi connectivity index (χ1) is 7.19. The Labute approximate surface area is 88.4 Å². The lowest BCUT2D eigenvalue weighted by molar-refractivity contribution is -0.142. The Kier molecular flexibility index (Phi) is 2.75. The van der Waals surface area contributed by atoms with Gasteiger partial charge in [-0.3, -0.25) is 14.5 Å². The van der Waals surface area contributed by atoms with Gasteiger partial charge in [0.15, 0.2) is 0 Å². The average Bonchev–Trinajstić information content (AvgIpc) is 2.45. The van der Waals surface area contributed by atoms with Crippen LogP contribution in [0.15, 0.2) is 0 Å². The van der Waals surface area contributed by atoms with E-state index < -0.39 is 5.41 Å². The normalized spacial score (nSPS) is 25.3. The van der Waals surface area contributed by atoms with E-state index in [0.29, 0.717) is 6.42 Å². The van der Waals surface area contributed by atoms with Gasteiger partial charge in [-0.05, 0) is 25.9 Å². The Morgan fingerprint density at radius 1 is 1.33 bits per heavy atom. The molecule has 0 aromatic rings. The van der Waals surface area contributed by atoms with Crippen LogP contribution >= 0.6 is 0 Å². The summed E-state index contributed by atoms with van der Waals surface area (Å²) in [5, 5.41) is 12.0. The quantitative estimate of drug-likeness (QED) is 0.582. The highest BCUT2D eigenvalue weighted by Gasteiger charge is 2.51. The molecule has 1 spiro atoms. The lowest BCUT2D eigenvalue weighted by Crippen LogP contribution is -2.43. The monoisotopic (exact) mass is 212 g/mol. The van der Waals surface area contributed by atoms with Crippen LogP contribution in [-0.4, -0.2) is 48.1 Å². The number of carbonyl (C=O) groups is 2. The fourth-order valence-electron chi connectivity index (χ4n) is 2.48. The zero-order valence-electron chi connectivity index (χ0n) is 8.66. The molecule has 0 saturated carbocycles. The fraction of sp³-hybridized carbons (Fsp3) is 0.800. The lowest BCUT2D eigenvalue weighted by atomic mass is 9.77. The maximum atomic E-state index is 12.0. The Bertz CT molecular complexity index is 284. The van der Waals surface area contributed by atoms with Crippen LogP contribution in [0.3, 0.4) is 0 Å². The summed E-state index contributed by atoms with van der Waals surface area (Å²) in [4.78, 5) is 24.9. The number of aliphatic hydroxyl groups excluding tert-OH is 1. The van der Waals surface area contributed by atoms with Crippen molar-refractivity contribution in [2.45, 2.75) is 19.3 Å². The van der Waals surface area contributed by atoms with E-state index in [4.69, 9.17) is 5.11 Å². The summed E-state index contributed by atoms with van der Waals surface area (Å²) in [6.07, 6.45) is 1.80. The molecule has 2 amide bonds. The first-order valence-corrected chi connectivity index (χ1v) is 5.36. The number of nitrogens with zero attached hydrogens (tertiary/aromatic N) is 1. The van der Waals surface area contributed by atoms with E-state index in [0.717, 1.165) is 25.9 Å². The van der Waals surface area contributed by atoms with Gasteiger partial charge in [0, 0.05) is 6.42 Å². The van der Waals surface area contributed by atoms with Crippen LogP contribution in [0.4, 0.5) is 0 Å². The highest BCUT2D eigenvalue weighted by molar-refractivity contribution is 6.05. The molecule has 5 nitrogen and oxygen atoms in total. The number of piperidine rings is 1. The zero-order valence-corrected chi connectivity index (χ0v) is 8.66. The zero-order chi connectivity index (χ0) is 10.9. The minimum Gasteiger partial charge on any atom is -0.395 e. The predicted molar refractivity (Wildman–Crippen MR) is 53.0 cm³/mol. The van der Waals surface area contributed by atoms with Crippen molar-refractivity contribution in [3.05, 3.63) is 0 Å². The third-order valence-corrected chi connectivity index (χ3v) is 3.37. The summed E-state index contributed by atoms with van der Waals surface area (Å²) >= 11 is 0. The van der Waals surface area contributed by atoms with Gasteiger partial charge >= 0.3 is 0 Å². The molecule has 2 N–H and O–H groups in total. The fourth-order valence-corrected chi connectivity index (χ4v) is 2.48. The summed E-state index contributed by atoms with van der Waals surface area (Å²) in [6, 6.07) is 0. The van der Waals surface area contributed by atoms with E-state index in [1.165, 1.54) is 4.90 Å². The van der Waals surface area contributed by atoms with Gasteiger partial charge < -0.3 is 10.4 Å². The molecule has 0 aromatic carbocycles. The highest BCUT2D eigenvalue weighted by atomic mass is 16.3. The number of carbonyl (C=O) groups excluding carboxylic acids is 2. The second-order valence-electron chi connectivity index (χ2n) is 4.28. The molecule has 0 radical (unpaired) electrons. The van der Waals surface area contributed by atoms with Gasteiger partial charge in [0.25, 0.3) is 0 Å². The predicted octanol–water partition coefficient (Wildman–Crippen LogP) is -0.893. The summed E-state index contributed by atoms with van der Waals surface area (Å²) in [5.41, 5.74) is -0.461. The average molecular weight is 212 g/mol. The Hall–Kier alpha value is -0.940. The molecule has 2 rings (SSSR count). The van der Waals surface area contributed by atoms with Gasteiger partial charge in [-0.15, -0.1) is 0 Å². The summed E-state index contributed by atoms with van der Waals surface area (Å²) in [6.45, 7) is 1.59. The number of hydrogen-bond donors (Lipinski definition) is 2. The highest BCUT2D eigenvalue weighted by Crippen LogP contribution is 2.40. The van der Waals surface area contributed by atoms with Crippen LogP contribution in [0.1, 0.15) is 19.3 Å². The third kappa shape index (κ3) is 1.66. The van der Waals surface area contributed by atoms with Crippen LogP contribution in [0, 0.1) is 5.41 Å². The van der Waals surface area contributed by atoms with Crippen LogP contribution in [0.25, 0.3) is 0 Å². The molecule has 0 aliphatic carbocycles.